The molecule has 2 aromatic heterocycles. The summed E-state index contributed by atoms with van der Waals surface area (Å²) in [4.78, 5) is 8.57. The number of alkyl halides is 3. The third-order valence-electron chi connectivity index (χ3n) is 3.26. The summed E-state index contributed by atoms with van der Waals surface area (Å²) < 4.78 is 39.7. The molecule has 2 heterocycles. The van der Waals surface area contributed by atoms with Gasteiger partial charge >= 0.3 is 6.18 Å². The topological polar surface area (TPSA) is 66.0 Å². The molecule has 23 heavy (non-hydrogen) atoms. The minimum atomic E-state index is -4.38. The third kappa shape index (κ3) is 2.94. The average Bonchev–Trinajstić information content (AvgIpc) is 3.00. The van der Waals surface area contributed by atoms with Gasteiger partial charge in [-0.2, -0.15) is 18.4 Å². The molecular weight excluding hydrogens is 307 g/mol. The van der Waals surface area contributed by atoms with Crippen molar-refractivity contribution in [2.24, 2.45) is 0 Å². The first kappa shape index (κ1) is 14.8. The van der Waals surface area contributed by atoms with Gasteiger partial charge < -0.3 is 9.72 Å². The van der Waals surface area contributed by atoms with Gasteiger partial charge in [0.15, 0.2) is 11.8 Å². The molecule has 3 rings (SSSR count). The summed E-state index contributed by atoms with van der Waals surface area (Å²) in [5, 5.41) is 11.1. The number of hydrogen-bond donors (Lipinski definition) is 1. The summed E-state index contributed by atoms with van der Waals surface area (Å²) in [5.41, 5.74) is 1.37. The second-order valence-corrected chi connectivity index (χ2v) is 4.78. The molecule has 0 amide bonds. The quantitative estimate of drug-likeness (QED) is 0.596. The summed E-state index contributed by atoms with van der Waals surface area (Å²) in [5.74, 6) is 0. The smallest absolute Gasteiger partial charge is 0.318 e. The molecule has 3 aromatic rings. The highest BCUT2D eigenvalue weighted by atomic mass is 19.4. The lowest BCUT2D eigenvalue weighted by molar-refractivity contribution is -0.137. The van der Waals surface area contributed by atoms with Crippen LogP contribution in [-0.2, 0) is 12.7 Å². The van der Waals surface area contributed by atoms with Gasteiger partial charge in [0, 0.05) is 24.2 Å². The molecule has 0 aliphatic heterocycles. The van der Waals surface area contributed by atoms with Gasteiger partial charge in [0.1, 0.15) is 5.69 Å². The number of benzene rings is 1. The number of rotatable bonds is 3. The Morgan fingerprint density at radius 3 is 2.61 bits per heavy atom. The molecule has 1 aromatic carbocycles. The molecule has 0 spiro atoms. The minimum Gasteiger partial charge on any atom is -0.318 e. The van der Waals surface area contributed by atoms with Crippen LogP contribution in [0.3, 0.4) is 0 Å². The van der Waals surface area contributed by atoms with E-state index in [2.05, 4.69) is 15.3 Å². The van der Waals surface area contributed by atoms with Crippen molar-refractivity contribution >= 4 is 5.65 Å². The highest BCUT2D eigenvalue weighted by Gasteiger charge is 2.30. The first-order chi connectivity index (χ1) is 11.0. The molecule has 0 radical (unpaired) electrons. The van der Waals surface area contributed by atoms with Gasteiger partial charge in [0.2, 0.25) is 0 Å². The van der Waals surface area contributed by atoms with Gasteiger partial charge in [0.25, 0.3) is 0 Å². The molecule has 0 aliphatic rings. The molecule has 0 atom stereocenters. The molecule has 0 saturated heterocycles. The predicted molar refractivity (Wildman–Crippen MR) is 75.9 cm³/mol. The lowest BCUT2D eigenvalue weighted by atomic mass is 10.1. The first-order valence-electron chi connectivity index (χ1n) is 6.61. The van der Waals surface area contributed by atoms with E-state index in [1.165, 1.54) is 12.1 Å². The van der Waals surface area contributed by atoms with Crippen molar-refractivity contribution in [3.05, 3.63) is 54.1 Å². The molecule has 1 N–H and O–H groups in total. The lowest BCUT2D eigenvalue weighted by Gasteiger charge is -2.09. The molecule has 0 aliphatic carbocycles. The summed E-state index contributed by atoms with van der Waals surface area (Å²) in [7, 11) is 0. The van der Waals surface area contributed by atoms with Crippen LogP contribution in [0.15, 0.2) is 42.9 Å². The van der Waals surface area contributed by atoms with Gasteiger partial charge in [-0.3, -0.25) is 0 Å². The van der Waals surface area contributed by atoms with Crippen LogP contribution in [0.4, 0.5) is 13.2 Å². The van der Waals surface area contributed by atoms with E-state index < -0.39 is 11.7 Å². The van der Waals surface area contributed by atoms with Gasteiger partial charge in [-0.05, 0) is 12.1 Å². The standard InChI is InChI=1S/C15H10F3N5/c16-15(17,18)11-3-1-10(2-4-11)13-14-21-5-6-23(14)8-12(22-13)7-20-9-19/h1-6,8,20H,7H2. The Labute approximate surface area is 129 Å². The molecular formula is C15H10F3N5. The van der Waals surface area contributed by atoms with Crippen molar-refractivity contribution < 1.29 is 13.2 Å². The van der Waals surface area contributed by atoms with Crippen LogP contribution >= 0.6 is 0 Å². The summed E-state index contributed by atoms with van der Waals surface area (Å²) in [6, 6.07) is 4.75. The Balaban J connectivity index is 2.07. The van der Waals surface area contributed by atoms with E-state index >= 15 is 0 Å². The second-order valence-electron chi connectivity index (χ2n) is 4.78. The number of fused-ring (bicyclic) bond motifs is 1. The van der Waals surface area contributed by atoms with Gasteiger partial charge in [0.05, 0.1) is 17.8 Å². The normalized spacial score (nSPS) is 11.4. The van der Waals surface area contributed by atoms with Crippen LogP contribution < -0.4 is 5.32 Å². The zero-order valence-corrected chi connectivity index (χ0v) is 11.7. The lowest BCUT2D eigenvalue weighted by Crippen LogP contribution is -2.09. The highest BCUT2D eigenvalue weighted by molar-refractivity contribution is 5.74. The maximum atomic E-state index is 12.7. The van der Waals surface area contributed by atoms with E-state index in [0.29, 0.717) is 22.6 Å². The minimum absolute atomic E-state index is 0.220. The number of nitrogens with one attached hydrogen (secondary N) is 1. The fourth-order valence-electron chi connectivity index (χ4n) is 2.21. The van der Waals surface area contributed by atoms with Crippen LogP contribution in [0.25, 0.3) is 16.9 Å². The van der Waals surface area contributed by atoms with Crippen LogP contribution in [0, 0.1) is 11.5 Å². The van der Waals surface area contributed by atoms with Crippen molar-refractivity contribution in [2.75, 3.05) is 0 Å². The van der Waals surface area contributed by atoms with E-state index in [1.807, 2.05) is 0 Å². The summed E-state index contributed by atoms with van der Waals surface area (Å²) in [6.45, 7) is 0.220. The Hall–Kier alpha value is -3.08. The van der Waals surface area contributed by atoms with Gasteiger partial charge in [-0.15, -0.1) is 0 Å². The Morgan fingerprint density at radius 1 is 1.22 bits per heavy atom. The zero-order valence-electron chi connectivity index (χ0n) is 11.7. The van der Waals surface area contributed by atoms with Crippen molar-refractivity contribution in [1.82, 2.24) is 19.7 Å². The van der Waals surface area contributed by atoms with E-state index in [4.69, 9.17) is 5.26 Å². The molecule has 0 unspecified atom stereocenters. The number of halogens is 3. The van der Waals surface area contributed by atoms with Gasteiger partial charge in [-0.25, -0.2) is 9.97 Å². The van der Waals surface area contributed by atoms with Crippen LogP contribution in [-0.4, -0.2) is 14.4 Å². The van der Waals surface area contributed by atoms with Crippen molar-refractivity contribution in [3.8, 4) is 17.5 Å². The molecule has 0 saturated carbocycles. The number of nitriles is 1. The monoisotopic (exact) mass is 317 g/mol. The number of imidazole rings is 1. The van der Waals surface area contributed by atoms with E-state index in [0.717, 1.165) is 12.1 Å². The fraction of sp³-hybridized carbons (Fsp3) is 0.133. The van der Waals surface area contributed by atoms with E-state index in [-0.39, 0.29) is 6.54 Å². The maximum Gasteiger partial charge on any atom is 0.416 e. The first-order valence-corrected chi connectivity index (χ1v) is 6.61. The van der Waals surface area contributed by atoms with Crippen LogP contribution in [0.1, 0.15) is 11.3 Å². The van der Waals surface area contributed by atoms with Crippen molar-refractivity contribution in [2.45, 2.75) is 12.7 Å². The predicted octanol–water partition coefficient (Wildman–Crippen LogP) is 2.99. The molecule has 0 fully saturated rings. The van der Waals surface area contributed by atoms with Crippen LogP contribution in [0.5, 0.6) is 0 Å². The Morgan fingerprint density at radius 2 is 1.96 bits per heavy atom. The van der Waals surface area contributed by atoms with E-state index in [9.17, 15) is 13.2 Å². The van der Waals surface area contributed by atoms with E-state index in [1.54, 1.807) is 29.2 Å². The van der Waals surface area contributed by atoms with Crippen molar-refractivity contribution in [3.63, 3.8) is 0 Å². The molecule has 116 valence electrons. The molecule has 0 bridgehead atoms. The Kier molecular flexibility index (Phi) is 3.62. The summed E-state index contributed by atoms with van der Waals surface area (Å²) in [6.07, 6.45) is 2.41. The largest absolute Gasteiger partial charge is 0.416 e. The Bertz CT molecular complexity index is 875. The SMILES string of the molecule is N#CNCc1cn2ccnc2c(-c2ccc(C(F)(F)F)cc2)n1. The third-order valence-corrected chi connectivity index (χ3v) is 3.26. The van der Waals surface area contributed by atoms with Gasteiger partial charge in [-0.1, -0.05) is 12.1 Å². The zero-order chi connectivity index (χ0) is 16.4. The van der Waals surface area contributed by atoms with Crippen LogP contribution in [0.2, 0.25) is 0 Å². The molecule has 5 nitrogen and oxygen atoms in total. The van der Waals surface area contributed by atoms with Crippen molar-refractivity contribution in [1.29, 1.82) is 5.26 Å². The fourth-order valence-corrected chi connectivity index (χ4v) is 2.21. The maximum absolute atomic E-state index is 12.7. The summed E-state index contributed by atoms with van der Waals surface area (Å²) >= 11 is 0. The average molecular weight is 317 g/mol. The highest BCUT2D eigenvalue weighted by Crippen LogP contribution is 2.31. The number of aromatic nitrogens is 3. The molecule has 8 heteroatoms. The number of nitrogens with zero attached hydrogens (tertiary/aromatic N) is 4. The number of hydrogen-bond acceptors (Lipinski definition) is 4. The second kappa shape index (κ2) is 5.61.